The van der Waals surface area contributed by atoms with Crippen LogP contribution in [0, 0.1) is 6.92 Å². The summed E-state index contributed by atoms with van der Waals surface area (Å²) in [5.74, 6) is -0.0117. The van der Waals surface area contributed by atoms with Crippen molar-refractivity contribution in [3.8, 4) is 0 Å². The number of anilines is 3. The maximum absolute atomic E-state index is 12.5. The van der Waals surface area contributed by atoms with E-state index in [4.69, 9.17) is 11.6 Å². The standard InChI is InChI=1S/C20H22ClN3O2/c1-13-17(21)8-4-9-18(13)23-20(26)14(2)22-15-6-3-7-16(12-15)24-11-5-10-19(24)25/h3-4,6-9,12,14,22H,5,10-11H2,1-2H3,(H,23,26)/t14-/m1/s1. The van der Waals surface area contributed by atoms with Crippen LogP contribution in [0.5, 0.6) is 0 Å². The number of halogens is 1. The van der Waals surface area contributed by atoms with E-state index in [2.05, 4.69) is 10.6 Å². The van der Waals surface area contributed by atoms with Crippen LogP contribution in [0.15, 0.2) is 42.5 Å². The molecule has 0 bridgehead atoms. The van der Waals surface area contributed by atoms with Crippen LogP contribution in [0.1, 0.15) is 25.3 Å². The van der Waals surface area contributed by atoms with Crippen LogP contribution < -0.4 is 15.5 Å². The van der Waals surface area contributed by atoms with Gasteiger partial charge in [-0.25, -0.2) is 0 Å². The zero-order valence-corrected chi connectivity index (χ0v) is 15.6. The van der Waals surface area contributed by atoms with E-state index in [1.807, 2.05) is 37.3 Å². The molecule has 1 aliphatic rings. The van der Waals surface area contributed by atoms with Gasteiger partial charge < -0.3 is 15.5 Å². The number of carbonyl (C=O) groups excluding carboxylic acids is 2. The molecule has 0 unspecified atom stereocenters. The van der Waals surface area contributed by atoms with Crippen molar-refractivity contribution in [1.82, 2.24) is 0 Å². The second-order valence-corrected chi connectivity index (χ2v) is 6.87. The summed E-state index contributed by atoms with van der Waals surface area (Å²) in [5, 5.41) is 6.71. The molecule has 1 saturated heterocycles. The summed E-state index contributed by atoms with van der Waals surface area (Å²) in [4.78, 5) is 26.2. The quantitative estimate of drug-likeness (QED) is 0.827. The molecule has 0 aliphatic carbocycles. The summed E-state index contributed by atoms with van der Waals surface area (Å²) >= 11 is 6.10. The Morgan fingerprint density at radius 2 is 2.00 bits per heavy atom. The van der Waals surface area contributed by atoms with Crippen molar-refractivity contribution in [1.29, 1.82) is 0 Å². The average molecular weight is 372 g/mol. The second kappa shape index (κ2) is 7.79. The van der Waals surface area contributed by atoms with Gasteiger partial charge in [0.2, 0.25) is 11.8 Å². The minimum Gasteiger partial charge on any atom is -0.374 e. The number of nitrogens with zero attached hydrogens (tertiary/aromatic N) is 1. The highest BCUT2D eigenvalue weighted by atomic mass is 35.5. The van der Waals surface area contributed by atoms with E-state index in [1.165, 1.54) is 0 Å². The molecule has 6 heteroatoms. The smallest absolute Gasteiger partial charge is 0.246 e. The van der Waals surface area contributed by atoms with E-state index in [0.29, 0.717) is 17.1 Å². The van der Waals surface area contributed by atoms with Gasteiger partial charge in [-0.1, -0.05) is 23.7 Å². The molecule has 3 rings (SSSR count). The van der Waals surface area contributed by atoms with Gasteiger partial charge in [0.15, 0.2) is 0 Å². The fourth-order valence-corrected chi connectivity index (χ4v) is 3.16. The second-order valence-electron chi connectivity index (χ2n) is 6.47. The van der Waals surface area contributed by atoms with Gasteiger partial charge in [-0.3, -0.25) is 9.59 Å². The largest absolute Gasteiger partial charge is 0.374 e. The summed E-state index contributed by atoms with van der Waals surface area (Å²) in [5.41, 5.74) is 3.19. The molecule has 0 radical (unpaired) electrons. The molecule has 2 amide bonds. The summed E-state index contributed by atoms with van der Waals surface area (Å²) in [6.07, 6.45) is 1.48. The Kier molecular flexibility index (Phi) is 5.47. The average Bonchev–Trinajstić information content (AvgIpc) is 3.05. The van der Waals surface area contributed by atoms with Crippen LogP contribution in [-0.2, 0) is 9.59 Å². The van der Waals surface area contributed by atoms with Crippen molar-refractivity contribution in [3.63, 3.8) is 0 Å². The first-order chi connectivity index (χ1) is 12.5. The number of rotatable bonds is 5. The van der Waals surface area contributed by atoms with E-state index in [9.17, 15) is 9.59 Å². The minimum atomic E-state index is -0.446. The van der Waals surface area contributed by atoms with Gasteiger partial charge in [0.25, 0.3) is 0 Å². The summed E-state index contributed by atoms with van der Waals surface area (Å²) < 4.78 is 0. The van der Waals surface area contributed by atoms with Gasteiger partial charge in [0.1, 0.15) is 6.04 Å². The van der Waals surface area contributed by atoms with E-state index < -0.39 is 6.04 Å². The normalized spacial score (nSPS) is 15.0. The lowest BCUT2D eigenvalue weighted by Gasteiger charge is -2.19. The first-order valence-electron chi connectivity index (χ1n) is 8.68. The first-order valence-corrected chi connectivity index (χ1v) is 9.06. The molecule has 2 N–H and O–H groups in total. The van der Waals surface area contributed by atoms with Crippen molar-refractivity contribution in [2.24, 2.45) is 0 Å². The Balaban J connectivity index is 1.67. The molecule has 0 aromatic heterocycles. The topological polar surface area (TPSA) is 61.4 Å². The van der Waals surface area contributed by atoms with Crippen LogP contribution in [0.2, 0.25) is 5.02 Å². The number of hydrogen-bond donors (Lipinski definition) is 2. The Morgan fingerprint density at radius 1 is 1.23 bits per heavy atom. The lowest BCUT2D eigenvalue weighted by molar-refractivity contribution is -0.117. The lowest BCUT2D eigenvalue weighted by atomic mass is 10.2. The maximum atomic E-state index is 12.5. The SMILES string of the molecule is Cc1c(Cl)cccc1NC(=O)[C@@H](C)Nc1cccc(N2CCCC2=O)c1. The highest BCUT2D eigenvalue weighted by molar-refractivity contribution is 6.31. The van der Waals surface area contributed by atoms with E-state index >= 15 is 0 Å². The minimum absolute atomic E-state index is 0.143. The predicted molar refractivity (Wildman–Crippen MR) is 106 cm³/mol. The molecule has 136 valence electrons. The number of nitrogens with one attached hydrogen (secondary N) is 2. The van der Waals surface area contributed by atoms with Crippen LogP contribution in [0.4, 0.5) is 17.1 Å². The van der Waals surface area contributed by atoms with Crippen molar-refractivity contribution >= 4 is 40.5 Å². The molecule has 1 atom stereocenters. The van der Waals surface area contributed by atoms with E-state index in [-0.39, 0.29) is 11.8 Å². The fraction of sp³-hybridized carbons (Fsp3) is 0.300. The Hall–Kier alpha value is -2.53. The van der Waals surface area contributed by atoms with Gasteiger partial charge in [-0.05, 0) is 56.2 Å². The molecule has 2 aromatic carbocycles. The molecule has 2 aromatic rings. The summed E-state index contributed by atoms with van der Waals surface area (Å²) in [7, 11) is 0. The molecule has 0 saturated carbocycles. The zero-order chi connectivity index (χ0) is 18.7. The van der Waals surface area contributed by atoms with Gasteiger partial charge in [-0.2, -0.15) is 0 Å². The molecule has 1 fully saturated rings. The number of carbonyl (C=O) groups is 2. The van der Waals surface area contributed by atoms with Crippen molar-refractivity contribution in [2.45, 2.75) is 32.7 Å². The lowest BCUT2D eigenvalue weighted by Crippen LogP contribution is -2.32. The molecule has 5 nitrogen and oxygen atoms in total. The van der Waals surface area contributed by atoms with E-state index in [1.54, 1.807) is 24.0 Å². The Labute approximate surface area is 158 Å². The molecule has 0 spiro atoms. The highest BCUT2D eigenvalue weighted by Crippen LogP contribution is 2.25. The first kappa shape index (κ1) is 18.3. The van der Waals surface area contributed by atoms with Crippen molar-refractivity contribution in [2.75, 3.05) is 22.1 Å². The molecular formula is C20H22ClN3O2. The van der Waals surface area contributed by atoms with Crippen LogP contribution in [-0.4, -0.2) is 24.4 Å². The van der Waals surface area contributed by atoms with Gasteiger partial charge in [0.05, 0.1) is 0 Å². The van der Waals surface area contributed by atoms with Crippen LogP contribution in [0.3, 0.4) is 0 Å². The monoisotopic (exact) mass is 371 g/mol. The third-order valence-corrected chi connectivity index (χ3v) is 4.94. The third kappa shape index (κ3) is 3.99. The van der Waals surface area contributed by atoms with Crippen molar-refractivity contribution < 1.29 is 9.59 Å². The third-order valence-electron chi connectivity index (χ3n) is 4.53. The van der Waals surface area contributed by atoms with Crippen LogP contribution in [0.25, 0.3) is 0 Å². The Morgan fingerprint density at radius 3 is 2.73 bits per heavy atom. The van der Waals surface area contributed by atoms with Gasteiger partial charge >= 0.3 is 0 Å². The highest BCUT2D eigenvalue weighted by Gasteiger charge is 2.22. The maximum Gasteiger partial charge on any atom is 0.246 e. The zero-order valence-electron chi connectivity index (χ0n) is 14.9. The van der Waals surface area contributed by atoms with E-state index in [0.717, 1.165) is 29.9 Å². The molecule has 26 heavy (non-hydrogen) atoms. The van der Waals surface area contributed by atoms with Gasteiger partial charge in [-0.15, -0.1) is 0 Å². The summed E-state index contributed by atoms with van der Waals surface area (Å²) in [6, 6.07) is 12.6. The number of benzene rings is 2. The molecular weight excluding hydrogens is 350 g/mol. The molecule has 1 heterocycles. The van der Waals surface area contributed by atoms with Crippen molar-refractivity contribution in [3.05, 3.63) is 53.1 Å². The predicted octanol–water partition coefficient (Wildman–Crippen LogP) is 4.21. The Bertz CT molecular complexity index is 838. The fourth-order valence-electron chi connectivity index (χ4n) is 2.98. The number of hydrogen-bond acceptors (Lipinski definition) is 3. The van der Waals surface area contributed by atoms with Crippen LogP contribution >= 0.6 is 11.6 Å². The number of amides is 2. The van der Waals surface area contributed by atoms with Gasteiger partial charge in [0, 0.05) is 35.1 Å². The summed E-state index contributed by atoms with van der Waals surface area (Å²) in [6.45, 7) is 4.40. The molecule has 1 aliphatic heterocycles.